The van der Waals surface area contributed by atoms with Crippen molar-refractivity contribution in [3.63, 3.8) is 0 Å². The van der Waals surface area contributed by atoms with E-state index in [1.54, 1.807) is 31.3 Å². The summed E-state index contributed by atoms with van der Waals surface area (Å²) in [5, 5.41) is 13.6. The Labute approximate surface area is 109 Å². The van der Waals surface area contributed by atoms with Crippen molar-refractivity contribution in [1.82, 2.24) is 9.78 Å². The standard InChI is InChI=1S/C12H11ClN2O3/c1-15-11(12(16)17)8(6-14-15)7-18-10-4-2-9(13)3-5-10/h2-6H,7H2,1H3,(H,16,17). The van der Waals surface area contributed by atoms with E-state index in [1.165, 1.54) is 10.9 Å². The molecule has 5 nitrogen and oxygen atoms in total. The number of benzene rings is 1. The minimum Gasteiger partial charge on any atom is -0.489 e. The Morgan fingerprint density at radius 1 is 1.44 bits per heavy atom. The highest BCUT2D eigenvalue weighted by Gasteiger charge is 2.15. The molecule has 2 aromatic rings. The monoisotopic (exact) mass is 266 g/mol. The Balaban J connectivity index is 2.11. The Morgan fingerprint density at radius 3 is 2.72 bits per heavy atom. The van der Waals surface area contributed by atoms with E-state index in [9.17, 15) is 4.79 Å². The lowest BCUT2D eigenvalue weighted by Crippen LogP contribution is -2.09. The van der Waals surface area contributed by atoms with Gasteiger partial charge in [0.2, 0.25) is 0 Å². The number of nitrogens with zero attached hydrogens (tertiary/aromatic N) is 2. The van der Waals surface area contributed by atoms with Crippen LogP contribution in [0, 0.1) is 0 Å². The molecule has 94 valence electrons. The largest absolute Gasteiger partial charge is 0.489 e. The van der Waals surface area contributed by atoms with Gasteiger partial charge in [-0.2, -0.15) is 5.10 Å². The van der Waals surface area contributed by atoms with Gasteiger partial charge in [0, 0.05) is 17.6 Å². The number of ether oxygens (including phenoxy) is 1. The number of carbonyl (C=O) groups is 1. The van der Waals surface area contributed by atoms with E-state index >= 15 is 0 Å². The van der Waals surface area contributed by atoms with Crippen molar-refractivity contribution in [3.8, 4) is 5.75 Å². The Hall–Kier alpha value is -2.01. The Morgan fingerprint density at radius 2 is 2.11 bits per heavy atom. The maximum Gasteiger partial charge on any atom is 0.354 e. The average molecular weight is 267 g/mol. The molecule has 1 N–H and O–H groups in total. The first-order valence-corrected chi connectivity index (χ1v) is 5.58. The minimum absolute atomic E-state index is 0.129. The fourth-order valence-corrected chi connectivity index (χ4v) is 1.68. The number of aromatic nitrogens is 2. The van der Waals surface area contributed by atoms with E-state index in [-0.39, 0.29) is 12.3 Å². The van der Waals surface area contributed by atoms with Crippen LogP contribution < -0.4 is 4.74 Å². The van der Waals surface area contributed by atoms with Crippen molar-refractivity contribution >= 4 is 17.6 Å². The minimum atomic E-state index is -1.02. The van der Waals surface area contributed by atoms with Crippen LogP contribution in [-0.4, -0.2) is 20.9 Å². The lowest BCUT2D eigenvalue weighted by Gasteiger charge is -2.05. The first kappa shape index (κ1) is 12.4. The van der Waals surface area contributed by atoms with Crippen molar-refractivity contribution in [3.05, 3.63) is 46.7 Å². The Bertz CT molecular complexity index is 563. The number of aromatic carboxylic acids is 1. The molecular formula is C12H11ClN2O3. The van der Waals surface area contributed by atoms with Crippen molar-refractivity contribution in [2.45, 2.75) is 6.61 Å². The summed E-state index contributed by atoms with van der Waals surface area (Å²) in [6, 6.07) is 6.86. The third kappa shape index (κ3) is 2.62. The molecule has 6 heteroatoms. The Kier molecular flexibility index (Phi) is 3.53. The van der Waals surface area contributed by atoms with Gasteiger partial charge in [-0.3, -0.25) is 4.68 Å². The quantitative estimate of drug-likeness (QED) is 0.923. The van der Waals surface area contributed by atoms with Crippen molar-refractivity contribution in [2.75, 3.05) is 0 Å². The maximum atomic E-state index is 11.0. The summed E-state index contributed by atoms with van der Waals surface area (Å²) < 4.78 is 6.78. The van der Waals surface area contributed by atoms with E-state index in [0.29, 0.717) is 16.3 Å². The molecule has 0 unspecified atom stereocenters. The second-order valence-corrected chi connectivity index (χ2v) is 4.13. The summed E-state index contributed by atoms with van der Waals surface area (Å²) >= 11 is 5.75. The van der Waals surface area contributed by atoms with E-state index in [1.807, 2.05) is 0 Å². The van der Waals surface area contributed by atoms with Crippen molar-refractivity contribution in [2.24, 2.45) is 7.05 Å². The van der Waals surface area contributed by atoms with Crippen LogP contribution >= 0.6 is 11.6 Å². The molecule has 0 saturated carbocycles. The smallest absolute Gasteiger partial charge is 0.354 e. The molecule has 18 heavy (non-hydrogen) atoms. The first-order chi connectivity index (χ1) is 8.58. The van der Waals surface area contributed by atoms with Gasteiger partial charge in [-0.1, -0.05) is 11.6 Å². The van der Waals surface area contributed by atoms with E-state index in [0.717, 1.165) is 0 Å². The molecule has 0 radical (unpaired) electrons. The van der Waals surface area contributed by atoms with Crippen LogP contribution in [0.25, 0.3) is 0 Å². The topological polar surface area (TPSA) is 64.4 Å². The zero-order valence-corrected chi connectivity index (χ0v) is 10.4. The number of halogens is 1. The van der Waals surface area contributed by atoms with Crippen LogP contribution in [0.15, 0.2) is 30.5 Å². The number of aryl methyl sites for hydroxylation is 1. The number of rotatable bonds is 4. The third-order valence-electron chi connectivity index (χ3n) is 2.43. The second-order valence-electron chi connectivity index (χ2n) is 3.69. The van der Waals surface area contributed by atoms with Gasteiger partial charge < -0.3 is 9.84 Å². The molecule has 0 aliphatic rings. The molecular weight excluding hydrogens is 256 g/mol. The zero-order valence-electron chi connectivity index (χ0n) is 9.63. The predicted octanol–water partition coefficient (Wildman–Crippen LogP) is 2.35. The second kappa shape index (κ2) is 5.10. The number of carboxylic acids is 1. The number of hydrogen-bond acceptors (Lipinski definition) is 3. The van der Waals surface area contributed by atoms with Gasteiger partial charge in [-0.05, 0) is 24.3 Å². The van der Waals surface area contributed by atoms with Gasteiger partial charge in [-0.15, -0.1) is 0 Å². The molecule has 1 aromatic carbocycles. The molecule has 0 atom stereocenters. The third-order valence-corrected chi connectivity index (χ3v) is 2.68. The van der Waals surface area contributed by atoms with Gasteiger partial charge in [0.1, 0.15) is 12.4 Å². The van der Waals surface area contributed by atoms with E-state index < -0.39 is 5.97 Å². The molecule has 1 heterocycles. The molecule has 0 spiro atoms. The van der Waals surface area contributed by atoms with Crippen LogP contribution in [0.5, 0.6) is 5.75 Å². The van der Waals surface area contributed by atoms with Crippen LogP contribution in [-0.2, 0) is 13.7 Å². The summed E-state index contributed by atoms with van der Waals surface area (Å²) in [7, 11) is 1.58. The lowest BCUT2D eigenvalue weighted by atomic mass is 10.2. The molecule has 1 aromatic heterocycles. The van der Waals surface area contributed by atoms with Crippen LogP contribution in [0.2, 0.25) is 5.02 Å². The molecule has 0 saturated heterocycles. The van der Waals surface area contributed by atoms with Crippen LogP contribution in [0.3, 0.4) is 0 Å². The van der Waals surface area contributed by atoms with E-state index in [4.69, 9.17) is 21.4 Å². The number of hydrogen-bond donors (Lipinski definition) is 1. The van der Waals surface area contributed by atoms with Crippen molar-refractivity contribution < 1.29 is 14.6 Å². The summed E-state index contributed by atoms with van der Waals surface area (Å²) in [6.45, 7) is 0.150. The molecule has 0 amide bonds. The summed E-state index contributed by atoms with van der Waals surface area (Å²) in [4.78, 5) is 11.0. The zero-order chi connectivity index (χ0) is 13.1. The SMILES string of the molecule is Cn1ncc(COc2ccc(Cl)cc2)c1C(=O)O. The highest BCUT2D eigenvalue weighted by Crippen LogP contribution is 2.17. The summed E-state index contributed by atoms with van der Waals surface area (Å²) in [6.07, 6.45) is 1.49. The summed E-state index contributed by atoms with van der Waals surface area (Å²) in [5.74, 6) is -0.399. The molecule has 0 fully saturated rings. The fourth-order valence-electron chi connectivity index (χ4n) is 1.56. The fraction of sp³-hybridized carbons (Fsp3) is 0.167. The average Bonchev–Trinajstić information content (AvgIpc) is 2.70. The molecule has 0 aliphatic carbocycles. The molecule has 0 aliphatic heterocycles. The van der Waals surface area contributed by atoms with Crippen LogP contribution in [0.1, 0.15) is 16.1 Å². The first-order valence-electron chi connectivity index (χ1n) is 5.20. The van der Waals surface area contributed by atoms with Gasteiger partial charge >= 0.3 is 5.97 Å². The number of carboxylic acid groups (broad SMARTS) is 1. The molecule has 2 rings (SSSR count). The normalized spacial score (nSPS) is 10.3. The highest BCUT2D eigenvalue weighted by atomic mass is 35.5. The van der Waals surface area contributed by atoms with Gasteiger partial charge in [0.05, 0.1) is 6.20 Å². The van der Waals surface area contributed by atoms with E-state index in [2.05, 4.69) is 5.10 Å². The summed E-state index contributed by atoms with van der Waals surface area (Å²) in [5.41, 5.74) is 0.656. The van der Waals surface area contributed by atoms with Crippen LogP contribution in [0.4, 0.5) is 0 Å². The maximum absolute atomic E-state index is 11.0. The van der Waals surface area contributed by atoms with Gasteiger partial charge in [-0.25, -0.2) is 4.79 Å². The highest BCUT2D eigenvalue weighted by molar-refractivity contribution is 6.30. The van der Waals surface area contributed by atoms with Gasteiger partial charge in [0.15, 0.2) is 5.69 Å². The lowest BCUT2D eigenvalue weighted by molar-refractivity contribution is 0.0682. The van der Waals surface area contributed by atoms with Crippen molar-refractivity contribution in [1.29, 1.82) is 0 Å². The predicted molar refractivity (Wildman–Crippen MR) is 66.0 cm³/mol. The van der Waals surface area contributed by atoms with Gasteiger partial charge in [0.25, 0.3) is 0 Å². The molecule has 0 bridgehead atoms.